The number of carbonyl (C=O) groups excluding carboxylic acids is 2. The molecule has 0 aliphatic carbocycles. The van der Waals surface area contributed by atoms with Gasteiger partial charge in [0.25, 0.3) is 5.91 Å². The first-order chi connectivity index (χ1) is 13.1. The number of benzene rings is 2. The maximum absolute atomic E-state index is 12.7. The third-order valence-electron chi connectivity index (χ3n) is 5.03. The van der Waals surface area contributed by atoms with E-state index in [4.69, 9.17) is 0 Å². The average Bonchev–Trinajstić information content (AvgIpc) is 3.21. The van der Waals surface area contributed by atoms with Crippen LogP contribution in [-0.4, -0.2) is 24.9 Å². The third kappa shape index (κ3) is 5.41. The second-order valence-corrected chi connectivity index (χ2v) is 7.10. The standard InChI is InChI=1S/C22H27N3O2/c1-16(18-7-3-2-4-8-18)24-22(27)19-9-5-6-10-20(19)25-21(26)12-11-17-13-14-23-15-17/h2-10,16-17,23H,11-15H2,1H3,(H,24,27)(H,25,26). The van der Waals surface area contributed by atoms with Crippen molar-refractivity contribution in [3.8, 4) is 0 Å². The van der Waals surface area contributed by atoms with Gasteiger partial charge in [-0.2, -0.15) is 0 Å². The summed E-state index contributed by atoms with van der Waals surface area (Å²) in [7, 11) is 0. The molecule has 3 N–H and O–H groups in total. The first-order valence-electron chi connectivity index (χ1n) is 9.59. The lowest BCUT2D eigenvalue weighted by molar-refractivity contribution is -0.116. The van der Waals surface area contributed by atoms with E-state index >= 15 is 0 Å². The SMILES string of the molecule is CC(NC(=O)c1ccccc1NC(=O)CCC1CCNC1)c1ccccc1. The normalized spacial score (nSPS) is 17.3. The molecule has 2 atom stereocenters. The van der Waals surface area contributed by atoms with Crippen LogP contribution in [0.2, 0.25) is 0 Å². The number of carbonyl (C=O) groups is 2. The number of amides is 2. The van der Waals surface area contributed by atoms with E-state index in [1.165, 1.54) is 0 Å². The number of para-hydroxylation sites is 1. The molecule has 5 nitrogen and oxygen atoms in total. The van der Waals surface area contributed by atoms with Crippen molar-refractivity contribution in [2.45, 2.75) is 32.2 Å². The minimum absolute atomic E-state index is 0.0433. The highest BCUT2D eigenvalue weighted by atomic mass is 16.2. The van der Waals surface area contributed by atoms with E-state index in [9.17, 15) is 9.59 Å². The lowest BCUT2D eigenvalue weighted by Crippen LogP contribution is -2.28. The Hall–Kier alpha value is -2.66. The van der Waals surface area contributed by atoms with Gasteiger partial charge in [0, 0.05) is 6.42 Å². The van der Waals surface area contributed by atoms with E-state index in [1.807, 2.05) is 49.4 Å². The van der Waals surface area contributed by atoms with Crippen LogP contribution in [0.5, 0.6) is 0 Å². The predicted molar refractivity (Wildman–Crippen MR) is 108 cm³/mol. The van der Waals surface area contributed by atoms with Crippen LogP contribution in [-0.2, 0) is 4.79 Å². The highest BCUT2D eigenvalue weighted by molar-refractivity contribution is 6.03. The van der Waals surface area contributed by atoms with E-state index in [0.717, 1.165) is 31.5 Å². The summed E-state index contributed by atoms with van der Waals surface area (Å²) < 4.78 is 0. The van der Waals surface area contributed by atoms with Gasteiger partial charge >= 0.3 is 0 Å². The zero-order chi connectivity index (χ0) is 19.1. The van der Waals surface area contributed by atoms with Crippen molar-refractivity contribution >= 4 is 17.5 Å². The highest BCUT2D eigenvalue weighted by Crippen LogP contribution is 2.19. The molecule has 1 heterocycles. The van der Waals surface area contributed by atoms with Crippen molar-refractivity contribution in [1.82, 2.24) is 10.6 Å². The third-order valence-corrected chi connectivity index (χ3v) is 5.03. The quantitative estimate of drug-likeness (QED) is 0.703. The Bertz CT molecular complexity index is 770. The van der Waals surface area contributed by atoms with Gasteiger partial charge < -0.3 is 16.0 Å². The Kier molecular flexibility index (Phi) is 6.60. The molecule has 0 saturated carbocycles. The lowest BCUT2D eigenvalue weighted by Gasteiger charge is -2.16. The van der Waals surface area contributed by atoms with Gasteiger partial charge in [0.1, 0.15) is 0 Å². The Morgan fingerprint density at radius 3 is 2.59 bits per heavy atom. The molecule has 3 rings (SSSR count). The molecule has 2 amide bonds. The Balaban J connectivity index is 1.60. The van der Waals surface area contributed by atoms with Gasteiger partial charge in [-0.1, -0.05) is 42.5 Å². The Labute approximate surface area is 160 Å². The maximum Gasteiger partial charge on any atom is 0.253 e. The molecule has 0 spiro atoms. The molecule has 0 aromatic heterocycles. The van der Waals surface area contributed by atoms with Crippen LogP contribution in [0, 0.1) is 5.92 Å². The molecule has 5 heteroatoms. The number of hydrogen-bond acceptors (Lipinski definition) is 3. The Morgan fingerprint density at radius 1 is 1.11 bits per heavy atom. The molecular weight excluding hydrogens is 338 g/mol. The molecule has 2 aromatic rings. The number of hydrogen-bond donors (Lipinski definition) is 3. The molecule has 1 fully saturated rings. The van der Waals surface area contributed by atoms with Gasteiger partial charge in [0.05, 0.1) is 17.3 Å². The van der Waals surface area contributed by atoms with E-state index < -0.39 is 0 Å². The van der Waals surface area contributed by atoms with Crippen molar-refractivity contribution in [1.29, 1.82) is 0 Å². The molecule has 142 valence electrons. The second-order valence-electron chi connectivity index (χ2n) is 7.10. The molecule has 1 saturated heterocycles. The smallest absolute Gasteiger partial charge is 0.253 e. The van der Waals surface area contributed by atoms with Gasteiger partial charge in [0.2, 0.25) is 5.91 Å². The minimum atomic E-state index is -0.192. The summed E-state index contributed by atoms with van der Waals surface area (Å²) in [4.78, 5) is 25.1. The van der Waals surface area contributed by atoms with Crippen molar-refractivity contribution in [3.63, 3.8) is 0 Å². The molecule has 27 heavy (non-hydrogen) atoms. The summed E-state index contributed by atoms with van der Waals surface area (Å²) in [6.45, 7) is 3.97. The summed E-state index contributed by atoms with van der Waals surface area (Å²) in [5, 5.41) is 9.23. The fourth-order valence-corrected chi connectivity index (χ4v) is 3.40. The van der Waals surface area contributed by atoms with Gasteiger partial charge in [0.15, 0.2) is 0 Å². The van der Waals surface area contributed by atoms with Crippen LogP contribution in [0.1, 0.15) is 48.1 Å². The largest absolute Gasteiger partial charge is 0.345 e. The van der Waals surface area contributed by atoms with Crippen molar-refractivity contribution < 1.29 is 9.59 Å². The molecule has 2 unspecified atom stereocenters. The first-order valence-corrected chi connectivity index (χ1v) is 9.59. The number of nitrogens with one attached hydrogen (secondary N) is 3. The molecule has 1 aliphatic heterocycles. The average molecular weight is 365 g/mol. The predicted octanol–water partition coefficient (Wildman–Crippen LogP) is 3.51. The molecule has 1 aliphatic rings. The maximum atomic E-state index is 12.7. The summed E-state index contributed by atoms with van der Waals surface area (Å²) in [6.07, 6.45) is 2.48. The first kappa shape index (κ1) is 19.1. The molecule has 2 aromatic carbocycles. The topological polar surface area (TPSA) is 70.2 Å². The van der Waals surface area contributed by atoms with Gasteiger partial charge in [-0.05, 0) is 56.5 Å². The fourth-order valence-electron chi connectivity index (χ4n) is 3.40. The van der Waals surface area contributed by atoms with E-state index in [0.29, 0.717) is 23.6 Å². The monoisotopic (exact) mass is 365 g/mol. The fraction of sp³-hybridized carbons (Fsp3) is 0.364. The minimum Gasteiger partial charge on any atom is -0.345 e. The molecule has 0 radical (unpaired) electrons. The lowest BCUT2D eigenvalue weighted by atomic mass is 10.0. The van der Waals surface area contributed by atoms with Gasteiger partial charge in [-0.3, -0.25) is 9.59 Å². The number of rotatable bonds is 7. The van der Waals surface area contributed by atoms with Gasteiger partial charge in [-0.15, -0.1) is 0 Å². The molecule has 0 bridgehead atoms. The van der Waals surface area contributed by atoms with E-state index in [1.54, 1.807) is 12.1 Å². The Morgan fingerprint density at radius 2 is 1.85 bits per heavy atom. The van der Waals surface area contributed by atoms with Gasteiger partial charge in [-0.25, -0.2) is 0 Å². The van der Waals surface area contributed by atoms with E-state index in [2.05, 4.69) is 16.0 Å². The van der Waals surface area contributed by atoms with Crippen LogP contribution < -0.4 is 16.0 Å². The zero-order valence-corrected chi connectivity index (χ0v) is 15.7. The van der Waals surface area contributed by atoms with Crippen LogP contribution in [0.25, 0.3) is 0 Å². The molecular formula is C22H27N3O2. The van der Waals surface area contributed by atoms with E-state index in [-0.39, 0.29) is 17.9 Å². The van der Waals surface area contributed by atoms with Crippen molar-refractivity contribution in [3.05, 3.63) is 65.7 Å². The van der Waals surface area contributed by atoms with Crippen molar-refractivity contribution in [2.75, 3.05) is 18.4 Å². The zero-order valence-electron chi connectivity index (χ0n) is 15.7. The van der Waals surface area contributed by atoms with Crippen LogP contribution >= 0.6 is 0 Å². The second kappa shape index (κ2) is 9.33. The number of anilines is 1. The van der Waals surface area contributed by atoms with Crippen LogP contribution in [0.3, 0.4) is 0 Å². The van der Waals surface area contributed by atoms with Crippen LogP contribution in [0.15, 0.2) is 54.6 Å². The summed E-state index contributed by atoms with van der Waals surface area (Å²) in [5.41, 5.74) is 2.08. The van der Waals surface area contributed by atoms with Crippen LogP contribution in [0.4, 0.5) is 5.69 Å². The highest BCUT2D eigenvalue weighted by Gasteiger charge is 2.18. The summed E-state index contributed by atoms with van der Waals surface area (Å²) in [6, 6.07) is 16.9. The summed E-state index contributed by atoms with van der Waals surface area (Å²) >= 11 is 0. The van der Waals surface area contributed by atoms with Crippen molar-refractivity contribution in [2.24, 2.45) is 5.92 Å². The summed E-state index contributed by atoms with van der Waals surface area (Å²) in [5.74, 6) is 0.335.